The van der Waals surface area contributed by atoms with Crippen molar-refractivity contribution in [3.05, 3.63) is 78.9 Å². The molecule has 2 amide bonds. The zero-order valence-electron chi connectivity index (χ0n) is 17.7. The first-order valence-corrected chi connectivity index (χ1v) is 11.5. The van der Waals surface area contributed by atoms with Gasteiger partial charge >= 0.3 is 22.4 Å². The normalized spacial score (nSPS) is 12.0. The molecule has 0 atom stereocenters. The summed E-state index contributed by atoms with van der Waals surface area (Å²) in [6.07, 6.45) is -1.39. The molecular weight excluding hydrogens is 490 g/mol. The summed E-state index contributed by atoms with van der Waals surface area (Å²) in [5.41, 5.74) is 3.75. The Bertz CT molecular complexity index is 1490. The molecule has 0 bridgehead atoms. The van der Waals surface area contributed by atoms with Gasteiger partial charge in [0.15, 0.2) is 0 Å². The second-order valence-electron chi connectivity index (χ2n) is 7.37. The van der Waals surface area contributed by atoms with Crippen molar-refractivity contribution in [2.75, 3.05) is 11.9 Å². The maximum absolute atomic E-state index is 13.2. The minimum atomic E-state index is -4.77. The summed E-state index contributed by atoms with van der Waals surface area (Å²) in [5, 5.41) is 2.27. The van der Waals surface area contributed by atoms with E-state index in [9.17, 15) is 30.8 Å². The van der Waals surface area contributed by atoms with Gasteiger partial charge in [0, 0.05) is 17.4 Å². The summed E-state index contributed by atoms with van der Waals surface area (Å²) < 4.78 is 77.5. The van der Waals surface area contributed by atoms with Crippen LogP contribution in [0.25, 0.3) is 28.0 Å². The lowest BCUT2D eigenvalue weighted by Crippen LogP contribution is -2.45. The molecule has 0 saturated carbocycles. The molecule has 3 N–H and O–H groups in total. The largest absolute Gasteiger partial charge is 0.402 e. The number of halogens is 4. The highest BCUT2D eigenvalue weighted by molar-refractivity contribution is 7.88. The first-order valence-electron chi connectivity index (χ1n) is 9.98. The minimum absolute atomic E-state index is 0.198. The van der Waals surface area contributed by atoms with Crippen LogP contribution >= 0.6 is 0 Å². The van der Waals surface area contributed by atoms with Crippen molar-refractivity contribution in [2.45, 2.75) is 6.18 Å². The number of pyridine rings is 1. The van der Waals surface area contributed by atoms with Crippen LogP contribution in [0.15, 0.2) is 73.1 Å². The Balaban J connectivity index is 1.51. The number of carbonyl (C=O) groups is 1. The van der Waals surface area contributed by atoms with Crippen LogP contribution in [0.2, 0.25) is 0 Å². The fourth-order valence-electron chi connectivity index (χ4n) is 3.26. The van der Waals surface area contributed by atoms with Gasteiger partial charge in [-0.2, -0.15) is 26.3 Å². The summed E-state index contributed by atoms with van der Waals surface area (Å²) in [6, 6.07) is 14.8. The molecule has 4 aromatic rings. The van der Waals surface area contributed by atoms with Crippen LogP contribution in [0.3, 0.4) is 0 Å². The van der Waals surface area contributed by atoms with Crippen LogP contribution in [-0.4, -0.2) is 36.6 Å². The van der Waals surface area contributed by atoms with E-state index in [1.165, 1.54) is 27.6 Å². The first kappa shape index (κ1) is 24.2. The molecule has 4 rings (SSSR count). The molecule has 182 valence electrons. The van der Waals surface area contributed by atoms with Crippen molar-refractivity contribution in [2.24, 2.45) is 0 Å². The van der Waals surface area contributed by atoms with Crippen LogP contribution in [0.1, 0.15) is 0 Å². The van der Waals surface area contributed by atoms with E-state index in [-0.39, 0.29) is 11.5 Å². The van der Waals surface area contributed by atoms with E-state index < -0.39 is 29.0 Å². The molecule has 0 saturated heterocycles. The Morgan fingerprint density at radius 2 is 1.71 bits per heavy atom. The monoisotopic (exact) mass is 507 g/mol. The van der Waals surface area contributed by atoms with Crippen molar-refractivity contribution in [1.82, 2.24) is 18.8 Å². The number of alkyl halides is 3. The number of urea groups is 1. The molecule has 0 aliphatic heterocycles. The Hall–Kier alpha value is -3.97. The quantitative estimate of drug-likeness (QED) is 0.338. The van der Waals surface area contributed by atoms with Crippen LogP contribution < -0.4 is 14.8 Å². The third kappa shape index (κ3) is 6.13. The van der Waals surface area contributed by atoms with Gasteiger partial charge in [0.05, 0.1) is 11.9 Å². The molecule has 2 aromatic carbocycles. The van der Waals surface area contributed by atoms with Gasteiger partial charge < -0.3 is 5.32 Å². The van der Waals surface area contributed by atoms with E-state index in [0.717, 1.165) is 11.1 Å². The third-order valence-corrected chi connectivity index (χ3v) is 5.78. The first-order chi connectivity index (χ1) is 16.5. The fourth-order valence-corrected chi connectivity index (χ4v) is 3.98. The lowest BCUT2D eigenvalue weighted by molar-refractivity contribution is -0.121. The summed E-state index contributed by atoms with van der Waals surface area (Å²) in [7, 11) is -4.71. The number of nitrogens with zero attached hydrogens (tertiary/aromatic N) is 2. The van der Waals surface area contributed by atoms with Gasteiger partial charge in [-0.05, 0) is 47.5 Å². The van der Waals surface area contributed by atoms with Gasteiger partial charge in [0.1, 0.15) is 18.0 Å². The molecule has 0 spiro atoms. The highest BCUT2D eigenvalue weighted by Gasteiger charge is 2.30. The average Bonchev–Trinajstić information content (AvgIpc) is 3.21. The SMILES string of the molecule is O=C(Nc1cccc(-c2cnc3cc(-c4ccc(F)cc4)ccn23)c1)NS(=O)(=O)NCC(F)(F)F. The molecular formula is C22H17F4N5O3S. The number of nitrogens with one attached hydrogen (secondary N) is 3. The van der Waals surface area contributed by atoms with Crippen molar-refractivity contribution in [1.29, 1.82) is 0 Å². The van der Waals surface area contributed by atoms with Gasteiger partial charge in [-0.15, -0.1) is 0 Å². The number of carbonyl (C=O) groups excluding carboxylic acids is 1. The van der Waals surface area contributed by atoms with Crippen molar-refractivity contribution in [3.63, 3.8) is 0 Å². The number of amides is 2. The minimum Gasteiger partial charge on any atom is -0.307 e. The molecule has 2 aromatic heterocycles. The lowest BCUT2D eigenvalue weighted by atomic mass is 10.1. The molecule has 0 unspecified atom stereocenters. The van der Waals surface area contributed by atoms with Crippen LogP contribution in [-0.2, 0) is 10.2 Å². The highest BCUT2D eigenvalue weighted by Crippen LogP contribution is 2.27. The van der Waals surface area contributed by atoms with E-state index in [2.05, 4.69) is 10.3 Å². The van der Waals surface area contributed by atoms with Crippen molar-refractivity contribution in [3.8, 4) is 22.4 Å². The maximum atomic E-state index is 13.2. The number of aromatic nitrogens is 2. The predicted molar refractivity (Wildman–Crippen MR) is 121 cm³/mol. The van der Waals surface area contributed by atoms with E-state index in [0.29, 0.717) is 16.9 Å². The third-order valence-electron chi connectivity index (χ3n) is 4.80. The fraction of sp³-hybridized carbons (Fsp3) is 0.0909. The lowest BCUT2D eigenvalue weighted by Gasteiger charge is -2.11. The molecule has 0 radical (unpaired) electrons. The number of hydrogen-bond donors (Lipinski definition) is 3. The Labute approximate surface area is 196 Å². The Kier molecular flexibility index (Phi) is 6.45. The van der Waals surface area contributed by atoms with Crippen LogP contribution in [0, 0.1) is 5.82 Å². The maximum Gasteiger partial charge on any atom is 0.402 e. The number of rotatable bonds is 6. The molecule has 0 fully saturated rings. The standard InChI is InChI=1S/C22H17F4N5O3S/c23-17-6-4-14(5-7-17)15-8-9-31-19(12-27-20(31)11-15)16-2-1-3-18(10-16)29-21(32)30-35(33,34)28-13-22(24,25)26/h1-12,28H,13H2,(H2,29,30,32). The number of hydrogen-bond acceptors (Lipinski definition) is 4. The van der Waals surface area contributed by atoms with Crippen LogP contribution in [0.4, 0.5) is 28.0 Å². The van der Waals surface area contributed by atoms with Gasteiger partial charge in [-0.3, -0.25) is 4.40 Å². The molecule has 13 heteroatoms. The number of anilines is 1. The average molecular weight is 507 g/mol. The second-order valence-corrected chi connectivity index (χ2v) is 8.87. The smallest absolute Gasteiger partial charge is 0.307 e. The second kappa shape index (κ2) is 9.35. The van der Waals surface area contributed by atoms with E-state index in [1.54, 1.807) is 47.1 Å². The van der Waals surface area contributed by atoms with Crippen LogP contribution in [0.5, 0.6) is 0 Å². The van der Waals surface area contributed by atoms with E-state index in [1.807, 2.05) is 12.1 Å². The zero-order valence-corrected chi connectivity index (χ0v) is 18.5. The number of fused-ring (bicyclic) bond motifs is 1. The number of benzene rings is 2. The van der Waals surface area contributed by atoms with Gasteiger partial charge in [0.25, 0.3) is 0 Å². The van der Waals surface area contributed by atoms with E-state index in [4.69, 9.17) is 0 Å². The van der Waals surface area contributed by atoms with Crippen molar-refractivity contribution < 1.29 is 30.8 Å². The van der Waals surface area contributed by atoms with Crippen molar-refractivity contribution >= 4 is 27.6 Å². The summed E-state index contributed by atoms with van der Waals surface area (Å²) in [5.74, 6) is -0.338. The molecule has 0 aliphatic carbocycles. The van der Waals surface area contributed by atoms with Gasteiger partial charge in [-0.25, -0.2) is 18.9 Å². The summed E-state index contributed by atoms with van der Waals surface area (Å²) in [6.45, 7) is -1.82. The topological polar surface area (TPSA) is 105 Å². The summed E-state index contributed by atoms with van der Waals surface area (Å²) in [4.78, 5) is 16.4. The Morgan fingerprint density at radius 3 is 2.43 bits per heavy atom. The predicted octanol–water partition coefficient (Wildman–Crippen LogP) is 4.33. The Morgan fingerprint density at radius 1 is 0.971 bits per heavy atom. The highest BCUT2D eigenvalue weighted by atomic mass is 32.2. The van der Waals surface area contributed by atoms with E-state index >= 15 is 0 Å². The molecule has 8 nitrogen and oxygen atoms in total. The van der Waals surface area contributed by atoms with Gasteiger partial charge in [0.2, 0.25) is 0 Å². The number of imidazole rings is 1. The molecule has 2 heterocycles. The molecule has 35 heavy (non-hydrogen) atoms. The van der Waals surface area contributed by atoms with Gasteiger partial charge in [-0.1, -0.05) is 24.3 Å². The molecule has 0 aliphatic rings. The summed E-state index contributed by atoms with van der Waals surface area (Å²) >= 11 is 0. The zero-order chi connectivity index (χ0) is 25.2.